The molecular formula is C11H20N4O2S. The van der Waals surface area contributed by atoms with Crippen molar-refractivity contribution in [1.29, 1.82) is 0 Å². The summed E-state index contributed by atoms with van der Waals surface area (Å²) in [6.07, 6.45) is 2.54. The molecule has 2 rings (SSSR count). The summed E-state index contributed by atoms with van der Waals surface area (Å²) in [5.74, 6) is 1.04. The Hall–Kier alpha value is -0.920. The van der Waals surface area contributed by atoms with E-state index >= 15 is 0 Å². The van der Waals surface area contributed by atoms with E-state index in [0.717, 1.165) is 19.5 Å². The Bertz CT molecular complexity index is 498. The zero-order chi connectivity index (χ0) is 13.3. The predicted molar refractivity (Wildman–Crippen MR) is 68.7 cm³/mol. The standard InChI is InChI=1S/C11H20N4O2S/c1-8(10-4-5-12-6-10)14-18(16,17)11-7-15(3)9(2)13-11/h7-8,10,12,14H,4-6H2,1-3H3. The van der Waals surface area contributed by atoms with Crippen molar-refractivity contribution in [3.05, 3.63) is 12.0 Å². The minimum atomic E-state index is -3.51. The second-order valence-corrected chi connectivity index (χ2v) is 6.56. The van der Waals surface area contributed by atoms with Crippen LogP contribution in [-0.4, -0.2) is 37.1 Å². The normalized spacial score (nSPS) is 22.3. The van der Waals surface area contributed by atoms with Gasteiger partial charge in [-0.25, -0.2) is 18.1 Å². The van der Waals surface area contributed by atoms with Gasteiger partial charge in [0, 0.05) is 19.3 Å². The lowest BCUT2D eigenvalue weighted by atomic mass is 10.0. The minimum absolute atomic E-state index is 0.0766. The Kier molecular flexibility index (Phi) is 3.74. The molecule has 0 aliphatic carbocycles. The summed E-state index contributed by atoms with van der Waals surface area (Å²) in [7, 11) is -1.72. The highest BCUT2D eigenvalue weighted by molar-refractivity contribution is 7.89. The first kappa shape index (κ1) is 13.5. The minimum Gasteiger partial charge on any atom is -0.337 e. The van der Waals surface area contributed by atoms with E-state index in [2.05, 4.69) is 15.0 Å². The molecule has 1 aliphatic heterocycles. The van der Waals surface area contributed by atoms with Crippen molar-refractivity contribution in [2.24, 2.45) is 13.0 Å². The molecule has 1 aliphatic rings. The summed E-state index contributed by atoms with van der Waals surface area (Å²) in [4.78, 5) is 4.06. The van der Waals surface area contributed by atoms with Gasteiger partial charge >= 0.3 is 0 Å². The number of aromatic nitrogens is 2. The fourth-order valence-electron chi connectivity index (χ4n) is 2.16. The monoisotopic (exact) mass is 272 g/mol. The van der Waals surface area contributed by atoms with Crippen molar-refractivity contribution in [2.45, 2.75) is 31.3 Å². The van der Waals surface area contributed by atoms with Crippen molar-refractivity contribution in [3.63, 3.8) is 0 Å². The lowest BCUT2D eigenvalue weighted by Crippen LogP contribution is -2.39. The molecule has 1 aromatic heterocycles. The summed E-state index contributed by atoms with van der Waals surface area (Å²) >= 11 is 0. The molecule has 2 N–H and O–H groups in total. The number of imidazole rings is 1. The van der Waals surface area contributed by atoms with Crippen LogP contribution in [0.5, 0.6) is 0 Å². The lowest BCUT2D eigenvalue weighted by Gasteiger charge is -2.18. The van der Waals surface area contributed by atoms with Crippen LogP contribution in [0.25, 0.3) is 0 Å². The van der Waals surface area contributed by atoms with E-state index in [1.165, 1.54) is 6.20 Å². The van der Waals surface area contributed by atoms with Gasteiger partial charge < -0.3 is 9.88 Å². The van der Waals surface area contributed by atoms with E-state index in [1.807, 2.05) is 6.92 Å². The van der Waals surface area contributed by atoms with Crippen molar-refractivity contribution in [3.8, 4) is 0 Å². The van der Waals surface area contributed by atoms with E-state index in [-0.39, 0.29) is 11.1 Å². The molecule has 0 radical (unpaired) electrons. The number of rotatable bonds is 4. The van der Waals surface area contributed by atoms with Gasteiger partial charge in [-0.2, -0.15) is 0 Å². The van der Waals surface area contributed by atoms with E-state index in [0.29, 0.717) is 11.7 Å². The zero-order valence-electron chi connectivity index (χ0n) is 11.0. The maximum absolute atomic E-state index is 12.2. The van der Waals surface area contributed by atoms with Gasteiger partial charge in [0.2, 0.25) is 0 Å². The van der Waals surface area contributed by atoms with Crippen LogP contribution in [0.1, 0.15) is 19.2 Å². The van der Waals surface area contributed by atoms with Gasteiger partial charge in [0.25, 0.3) is 10.0 Å². The Morgan fingerprint density at radius 2 is 2.33 bits per heavy atom. The molecule has 1 aromatic rings. The summed E-state index contributed by atoms with van der Waals surface area (Å²) in [5.41, 5.74) is 0. The summed E-state index contributed by atoms with van der Waals surface area (Å²) in [6.45, 7) is 5.51. The van der Waals surface area contributed by atoms with Crippen LogP contribution in [0.3, 0.4) is 0 Å². The molecular weight excluding hydrogens is 252 g/mol. The SMILES string of the molecule is Cc1nc(S(=O)(=O)NC(C)C2CCNC2)cn1C. The molecule has 0 saturated carbocycles. The molecule has 2 atom stereocenters. The number of sulfonamides is 1. The molecule has 1 saturated heterocycles. The topological polar surface area (TPSA) is 76.0 Å². The summed E-state index contributed by atoms with van der Waals surface area (Å²) in [5, 5.41) is 3.33. The molecule has 2 unspecified atom stereocenters. The van der Waals surface area contributed by atoms with Gasteiger partial charge in [-0.15, -0.1) is 0 Å². The van der Waals surface area contributed by atoms with Gasteiger partial charge in [-0.1, -0.05) is 0 Å². The third-order valence-electron chi connectivity index (χ3n) is 3.51. The molecule has 2 heterocycles. The molecule has 0 amide bonds. The molecule has 0 aromatic carbocycles. The first-order chi connectivity index (χ1) is 8.40. The third kappa shape index (κ3) is 2.73. The van der Waals surface area contributed by atoms with Crippen LogP contribution in [0.15, 0.2) is 11.2 Å². The molecule has 0 bridgehead atoms. The largest absolute Gasteiger partial charge is 0.337 e. The molecule has 0 spiro atoms. The quantitative estimate of drug-likeness (QED) is 0.809. The summed E-state index contributed by atoms with van der Waals surface area (Å²) in [6, 6.07) is -0.0766. The smallest absolute Gasteiger partial charge is 0.259 e. The molecule has 7 heteroatoms. The second-order valence-electron chi connectivity index (χ2n) is 4.90. The molecule has 18 heavy (non-hydrogen) atoms. The Balaban J connectivity index is 2.11. The molecule has 102 valence electrons. The summed E-state index contributed by atoms with van der Waals surface area (Å²) < 4.78 is 28.7. The highest BCUT2D eigenvalue weighted by atomic mass is 32.2. The maximum atomic E-state index is 12.2. The number of nitrogens with zero attached hydrogens (tertiary/aromatic N) is 2. The fraction of sp³-hybridized carbons (Fsp3) is 0.727. The van der Waals surface area contributed by atoms with Gasteiger partial charge in [-0.05, 0) is 39.3 Å². The number of hydrogen-bond donors (Lipinski definition) is 2. The Morgan fingerprint density at radius 3 is 2.83 bits per heavy atom. The highest BCUT2D eigenvalue weighted by Gasteiger charge is 2.27. The van der Waals surface area contributed by atoms with Crippen molar-refractivity contribution >= 4 is 10.0 Å². The van der Waals surface area contributed by atoms with Gasteiger partial charge in [0.05, 0.1) is 0 Å². The van der Waals surface area contributed by atoms with Gasteiger partial charge in [0.15, 0.2) is 5.03 Å². The van der Waals surface area contributed by atoms with E-state index in [9.17, 15) is 8.42 Å². The van der Waals surface area contributed by atoms with Crippen LogP contribution >= 0.6 is 0 Å². The maximum Gasteiger partial charge on any atom is 0.259 e. The van der Waals surface area contributed by atoms with E-state index in [4.69, 9.17) is 0 Å². The molecule has 1 fully saturated rings. The second kappa shape index (κ2) is 4.99. The van der Waals surface area contributed by atoms with Gasteiger partial charge in [-0.3, -0.25) is 0 Å². The van der Waals surface area contributed by atoms with Crippen LogP contribution in [0.2, 0.25) is 0 Å². The van der Waals surface area contributed by atoms with Crippen LogP contribution in [0.4, 0.5) is 0 Å². The fourth-order valence-corrected chi connectivity index (χ4v) is 3.51. The Morgan fingerprint density at radius 1 is 1.61 bits per heavy atom. The number of hydrogen-bond acceptors (Lipinski definition) is 4. The van der Waals surface area contributed by atoms with E-state index < -0.39 is 10.0 Å². The van der Waals surface area contributed by atoms with Crippen LogP contribution < -0.4 is 10.0 Å². The highest BCUT2D eigenvalue weighted by Crippen LogP contribution is 2.15. The third-order valence-corrected chi connectivity index (χ3v) is 4.94. The number of aryl methyl sites for hydroxylation is 2. The van der Waals surface area contributed by atoms with Crippen molar-refractivity contribution < 1.29 is 8.42 Å². The van der Waals surface area contributed by atoms with Crippen molar-refractivity contribution in [1.82, 2.24) is 19.6 Å². The predicted octanol–water partition coefficient (Wildman–Crippen LogP) is 0.00482. The number of nitrogens with one attached hydrogen (secondary N) is 2. The lowest BCUT2D eigenvalue weighted by molar-refractivity contribution is 0.444. The van der Waals surface area contributed by atoms with E-state index in [1.54, 1.807) is 18.5 Å². The molecule has 6 nitrogen and oxygen atoms in total. The van der Waals surface area contributed by atoms with Crippen molar-refractivity contribution in [2.75, 3.05) is 13.1 Å². The zero-order valence-corrected chi connectivity index (χ0v) is 11.8. The first-order valence-corrected chi connectivity index (χ1v) is 7.61. The average molecular weight is 272 g/mol. The first-order valence-electron chi connectivity index (χ1n) is 6.13. The van der Waals surface area contributed by atoms with Crippen LogP contribution in [-0.2, 0) is 17.1 Å². The average Bonchev–Trinajstić information content (AvgIpc) is 2.89. The van der Waals surface area contributed by atoms with Gasteiger partial charge in [0.1, 0.15) is 5.82 Å². The van der Waals surface area contributed by atoms with Crippen LogP contribution in [0, 0.1) is 12.8 Å². The Labute approximate surface area is 108 Å².